The van der Waals surface area contributed by atoms with E-state index in [1.54, 1.807) is 0 Å². The van der Waals surface area contributed by atoms with E-state index in [0.717, 1.165) is 17.0 Å². The first-order valence-corrected chi connectivity index (χ1v) is 7.69. The molecular weight excluding hydrogens is 268 g/mol. The number of pyridine rings is 1. The van der Waals surface area contributed by atoms with E-state index < -0.39 is 0 Å². The van der Waals surface area contributed by atoms with E-state index in [0.29, 0.717) is 12.1 Å². The Hall–Kier alpha value is -1.28. The summed E-state index contributed by atoms with van der Waals surface area (Å²) in [5, 5.41) is 1.95. The molecule has 2 nitrogen and oxygen atoms in total. The second-order valence-electron chi connectivity index (χ2n) is 5.62. The topological polar surface area (TPSA) is 16.1 Å². The number of fused-ring (bicyclic) bond motifs is 1. The lowest BCUT2D eigenvalue weighted by atomic mass is 10.1. The molecule has 1 atom stereocenters. The number of benzene rings is 1. The van der Waals surface area contributed by atoms with E-state index in [9.17, 15) is 0 Å². The van der Waals surface area contributed by atoms with Crippen molar-refractivity contribution >= 4 is 28.2 Å². The third kappa shape index (κ3) is 2.62. The Morgan fingerprint density at radius 1 is 1.40 bits per heavy atom. The summed E-state index contributed by atoms with van der Waals surface area (Å²) in [4.78, 5) is 7.02. The Kier molecular flexibility index (Phi) is 3.84. The number of nitrogens with zero attached hydrogens (tertiary/aromatic N) is 2. The SMILES string of the molecule is C[CH]CC(C)N(c1ccnc2cc(Cl)ccc12)C1CC1. The first-order chi connectivity index (χ1) is 9.70. The van der Waals surface area contributed by atoms with Gasteiger partial charge in [-0.2, -0.15) is 0 Å². The minimum Gasteiger partial charge on any atom is -0.365 e. The lowest BCUT2D eigenvalue weighted by Gasteiger charge is -2.32. The molecule has 1 heterocycles. The fourth-order valence-electron chi connectivity index (χ4n) is 2.93. The van der Waals surface area contributed by atoms with Gasteiger partial charge in [0.2, 0.25) is 0 Å². The highest BCUT2D eigenvalue weighted by Crippen LogP contribution is 2.38. The Morgan fingerprint density at radius 2 is 2.20 bits per heavy atom. The smallest absolute Gasteiger partial charge is 0.0737 e. The van der Waals surface area contributed by atoms with Gasteiger partial charge < -0.3 is 4.90 Å². The maximum absolute atomic E-state index is 6.08. The Morgan fingerprint density at radius 3 is 2.90 bits per heavy atom. The zero-order chi connectivity index (χ0) is 14.1. The molecule has 3 heteroatoms. The van der Waals surface area contributed by atoms with Gasteiger partial charge in [0.1, 0.15) is 0 Å². The lowest BCUT2D eigenvalue weighted by molar-refractivity contribution is 0.622. The van der Waals surface area contributed by atoms with Crippen molar-refractivity contribution in [1.29, 1.82) is 0 Å². The first kappa shape index (κ1) is 13.7. The molecule has 0 bridgehead atoms. The van der Waals surface area contributed by atoms with Crippen molar-refractivity contribution in [1.82, 2.24) is 4.98 Å². The third-order valence-electron chi connectivity index (χ3n) is 3.95. The van der Waals surface area contributed by atoms with Crippen molar-refractivity contribution in [3.05, 3.63) is 41.9 Å². The quantitative estimate of drug-likeness (QED) is 0.781. The van der Waals surface area contributed by atoms with Gasteiger partial charge in [0, 0.05) is 34.4 Å². The molecule has 0 amide bonds. The summed E-state index contributed by atoms with van der Waals surface area (Å²) in [5.74, 6) is 0. The average Bonchev–Trinajstić information content (AvgIpc) is 3.24. The van der Waals surface area contributed by atoms with Crippen LogP contribution in [0.2, 0.25) is 5.02 Å². The number of anilines is 1. The van der Waals surface area contributed by atoms with E-state index in [-0.39, 0.29) is 0 Å². The Labute approximate surface area is 125 Å². The summed E-state index contributed by atoms with van der Waals surface area (Å²) in [6.45, 7) is 4.44. The van der Waals surface area contributed by atoms with Gasteiger partial charge in [-0.05, 0) is 56.9 Å². The average molecular weight is 288 g/mol. The monoisotopic (exact) mass is 287 g/mol. The van der Waals surface area contributed by atoms with Gasteiger partial charge >= 0.3 is 0 Å². The molecule has 0 aliphatic heterocycles. The van der Waals surface area contributed by atoms with Gasteiger partial charge in [-0.1, -0.05) is 18.5 Å². The molecule has 1 radical (unpaired) electrons. The van der Waals surface area contributed by atoms with E-state index in [2.05, 4.69) is 42.3 Å². The molecule has 1 aliphatic rings. The normalized spacial score (nSPS) is 16.4. The summed E-state index contributed by atoms with van der Waals surface area (Å²) >= 11 is 6.08. The van der Waals surface area contributed by atoms with Crippen LogP contribution in [-0.4, -0.2) is 17.1 Å². The van der Waals surface area contributed by atoms with Crippen molar-refractivity contribution in [2.24, 2.45) is 0 Å². The fourth-order valence-corrected chi connectivity index (χ4v) is 3.10. The van der Waals surface area contributed by atoms with Crippen LogP contribution in [0.3, 0.4) is 0 Å². The first-order valence-electron chi connectivity index (χ1n) is 7.31. The fraction of sp³-hybridized carbons (Fsp3) is 0.412. The van der Waals surface area contributed by atoms with Crippen molar-refractivity contribution in [2.75, 3.05) is 4.90 Å². The Balaban J connectivity index is 2.06. The molecule has 1 unspecified atom stereocenters. The standard InChI is InChI=1S/C17H20ClN2/c1-3-4-12(2)20(14-6-7-14)17-9-10-19-16-11-13(18)5-8-15(16)17/h3,5,8-12,14H,4,6-7H2,1-2H3. The van der Waals surface area contributed by atoms with Crippen LogP contribution in [-0.2, 0) is 0 Å². The molecule has 1 aromatic heterocycles. The predicted octanol–water partition coefficient (Wildman–Crippen LogP) is 4.86. The maximum Gasteiger partial charge on any atom is 0.0737 e. The third-order valence-corrected chi connectivity index (χ3v) is 4.19. The maximum atomic E-state index is 6.08. The summed E-state index contributed by atoms with van der Waals surface area (Å²) in [6, 6.07) is 9.34. The molecule has 0 N–H and O–H groups in total. The van der Waals surface area contributed by atoms with Crippen LogP contribution in [0.25, 0.3) is 10.9 Å². The molecule has 1 fully saturated rings. The van der Waals surface area contributed by atoms with E-state index in [1.807, 2.05) is 18.3 Å². The minimum absolute atomic E-state index is 0.522. The predicted molar refractivity (Wildman–Crippen MR) is 86.3 cm³/mol. The van der Waals surface area contributed by atoms with Crippen LogP contribution in [0.4, 0.5) is 5.69 Å². The molecule has 3 rings (SSSR count). The number of hydrogen-bond acceptors (Lipinski definition) is 2. The lowest BCUT2D eigenvalue weighted by Crippen LogP contribution is -2.35. The second kappa shape index (κ2) is 5.61. The summed E-state index contributed by atoms with van der Waals surface area (Å²) in [7, 11) is 0. The van der Waals surface area contributed by atoms with Gasteiger partial charge in [0.05, 0.1) is 5.52 Å². The molecule has 105 valence electrons. The highest BCUT2D eigenvalue weighted by atomic mass is 35.5. The molecule has 20 heavy (non-hydrogen) atoms. The zero-order valence-electron chi connectivity index (χ0n) is 12.0. The number of halogens is 1. The molecule has 0 saturated heterocycles. The molecular formula is C17H20ClN2. The van der Waals surface area contributed by atoms with Crippen molar-refractivity contribution in [3.8, 4) is 0 Å². The molecule has 1 saturated carbocycles. The van der Waals surface area contributed by atoms with E-state index in [4.69, 9.17) is 11.6 Å². The van der Waals surface area contributed by atoms with Gasteiger partial charge in [0.25, 0.3) is 0 Å². The van der Waals surface area contributed by atoms with Gasteiger partial charge in [-0.15, -0.1) is 0 Å². The largest absolute Gasteiger partial charge is 0.365 e. The van der Waals surface area contributed by atoms with Crippen LogP contribution in [0, 0.1) is 6.42 Å². The zero-order valence-corrected chi connectivity index (χ0v) is 12.8. The number of aromatic nitrogens is 1. The van der Waals surface area contributed by atoms with Gasteiger partial charge in [0.15, 0.2) is 0 Å². The van der Waals surface area contributed by atoms with Crippen molar-refractivity contribution in [2.45, 2.75) is 45.2 Å². The van der Waals surface area contributed by atoms with Gasteiger partial charge in [-0.3, -0.25) is 4.98 Å². The highest BCUT2D eigenvalue weighted by molar-refractivity contribution is 6.31. The highest BCUT2D eigenvalue weighted by Gasteiger charge is 2.32. The van der Waals surface area contributed by atoms with Crippen LogP contribution in [0.1, 0.15) is 33.1 Å². The van der Waals surface area contributed by atoms with Gasteiger partial charge in [-0.25, -0.2) is 0 Å². The van der Waals surface area contributed by atoms with Crippen LogP contribution >= 0.6 is 11.6 Å². The summed E-state index contributed by atoms with van der Waals surface area (Å²) in [5.41, 5.74) is 2.27. The molecule has 1 aliphatic carbocycles. The second-order valence-corrected chi connectivity index (χ2v) is 6.06. The summed E-state index contributed by atoms with van der Waals surface area (Å²) in [6.07, 6.45) is 7.84. The van der Waals surface area contributed by atoms with Crippen molar-refractivity contribution in [3.63, 3.8) is 0 Å². The van der Waals surface area contributed by atoms with Crippen LogP contribution < -0.4 is 4.90 Å². The summed E-state index contributed by atoms with van der Waals surface area (Å²) < 4.78 is 0. The molecule has 0 spiro atoms. The Bertz CT molecular complexity index is 607. The number of rotatable bonds is 5. The van der Waals surface area contributed by atoms with E-state index in [1.165, 1.54) is 23.9 Å². The molecule has 1 aromatic carbocycles. The van der Waals surface area contributed by atoms with Crippen molar-refractivity contribution < 1.29 is 0 Å². The minimum atomic E-state index is 0.522. The molecule has 2 aromatic rings. The van der Waals surface area contributed by atoms with Crippen LogP contribution in [0.15, 0.2) is 30.5 Å². The number of hydrogen-bond donors (Lipinski definition) is 0. The van der Waals surface area contributed by atoms with E-state index >= 15 is 0 Å². The van der Waals surface area contributed by atoms with Crippen LogP contribution in [0.5, 0.6) is 0 Å².